The first-order chi connectivity index (χ1) is 11.3. The Labute approximate surface area is 140 Å². The first-order valence-corrected chi connectivity index (χ1v) is 8.66. The maximum absolute atomic E-state index is 13.3. The maximum Gasteiger partial charge on any atom is 0.433 e. The number of thioether (sulfide) groups is 1. The second-order valence-corrected chi connectivity index (χ2v) is 6.65. The highest BCUT2D eigenvalue weighted by molar-refractivity contribution is 7.98. The summed E-state index contributed by atoms with van der Waals surface area (Å²) in [5, 5.41) is 4.34. The third-order valence-corrected chi connectivity index (χ3v) is 5.00. The number of aromatic nitrogens is 4. The van der Waals surface area contributed by atoms with Gasteiger partial charge in [0.05, 0.1) is 11.4 Å². The normalized spacial score (nSPS) is 14.2. The maximum atomic E-state index is 13.3. The molecular formula is C15H17F3N4OS. The van der Waals surface area contributed by atoms with Crippen molar-refractivity contribution in [1.29, 1.82) is 0 Å². The number of fused-ring (bicyclic) bond motifs is 1. The van der Waals surface area contributed by atoms with Crippen molar-refractivity contribution in [2.75, 3.05) is 0 Å². The van der Waals surface area contributed by atoms with Crippen LogP contribution in [0.5, 0.6) is 0 Å². The molecule has 0 spiro atoms. The number of hydrogen-bond acceptors (Lipinski definition) is 4. The molecule has 0 saturated heterocycles. The van der Waals surface area contributed by atoms with E-state index in [1.54, 1.807) is 6.92 Å². The molecule has 9 heteroatoms. The monoisotopic (exact) mass is 358 g/mol. The lowest BCUT2D eigenvalue weighted by molar-refractivity contribution is -0.144. The predicted octanol–water partition coefficient (Wildman–Crippen LogP) is 2.87. The summed E-state index contributed by atoms with van der Waals surface area (Å²) >= 11 is 1.11. The lowest BCUT2D eigenvalue weighted by atomic mass is 10.1. The number of aromatic amines is 1. The molecule has 0 saturated carbocycles. The smallest absolute Gasteiger partial charge is 0.301 e. The predicted molar refractivity (Wildman–Crippen MR) is 84.0 cm³/mol. The molecule has 1 aliphatic carbocycles. The van der Waals surface area contributed by atoms with Crippen molar-refractivity contribution in [3.8, 4) is 0 Å². The summed E-state index contributed by atoms with van der Waals surface area (Å²) in [6.45, 7) is 1.77. The molecule has 24 heavy (non-hydrogen) atoms. The summed E-state index contributed by atoms with van der Waals surface area (Å²) in [5.41, 5.74) is 1.11. The molecule has 0 amide bonds. The fourth-order valence-electron chi connectivity index (χ4n) is 3.04. The Morgan fingerprint density at radius 2 is 2.08 bits per heavy atom. The Bertz CT molecular complexity index is 825. The number of H-pyrrole nitrogens is 1. The van der Waals surface area contributed by atoms with Gasteiger partial charge in [-0.2, -0.15) is 18.3 Å². The summed E-state index contributed by atoms with van der Waals surface area (Å²) in [4.78, 5) is 19.0. The minimum Gasteiger partial charge on any atom is -0.301 e. The van der Waals surface area contributed by atoms with Crippen molar-refractivity contribution in [2.24, 2.45) is 7.05 Å². The van der Waals surface area contributed by atoms with E-state index in [0.717, 1.165) is 35.0 Å². The average molecular weight is 358 g/mol. The third-order valence-electron chi connectivity index (χ3n) is 4.10. The number of halogens is 3. The first kappa shape index (κ1) is 17.1. The van der Waals surface area contributed by atoms with Crippen molar-refractivity contribution >= 4 is 11.8 Å². The molecule has 0 radical (unpaired) electrons. The highest BCUT2D eigenvalue weighted by atomic mass is 32.2. The van der Waals surface area contributed by atoms with Gasteiger partial charge in [-0.1, -0.05) is 18.7 Å². The SMILES string of the molecule is CCc1nn(C)c(C(F)(F)F)c1CSc1nc2c(c(=O)[nH]1)CCC2. The van der Waals surface area contributed by atoms with Crippen LogP contribution in [-0.2, 0) is 38.2 Å². The Hall–Kier alpha value is -1.77. The number of alkyl halides is 3. The summed E-state index contributed by atoms with van der Waals surface area (Å²) in [6.07, 6.45) is -1.71. The van der Waals surface area contributed by atoms with Crippen molar-refractivity contribution in [3.63, 3.8) is 0 Å². The van der Waals surface area contributed by atoms with E-state index in [1.807, 2.05) is 0 Å². The lowest BCUT2D eigenvalue weighted by Crippen LogP contribution is -2.15. The van der Waals surface area contributed by atoms with Crippen LogP contribution in [-0.4, -0.2) is 19.7 Å². The fourth-order valence-corrected chi connectivity index (χ4v) is 3.97. The van der Waals surface area contributed by atoms with Crippen LogP contribution in [0.15, 0.2) is 9.95 Å². The molecule has 1 N–H and O–H groups in total. The van der Waals surface area contributed by atoms with Crippen LogP contribution in [0.1, 0.15) is 41.6 Å². The van der Waals surface area contributed by atoms with E-state index in [0.29, 0.717) is 29.3 Å². The molecular weight excluding hydrogens is 341 g/mol. The number of hydrogen-bond donors (Lipinski definition) is 1. The molecule has 5 nitrogen and oxygen atoms in total. The zero-order valence-electron chi connectivity index (χ0n) is 13.3. The summed E-state index contributed by atoms with van der Waals surface area (Å²) in [5.74, 6) is 0.0631. The van der Waals surface area contributed by atoms with Crippen LogP contribution in [0.25, 0.3) is 0 Å². The number of nitrogens with one attached hydrogen (secondary N) is 1. The van der Waals surface area contributed by atoms with Crippen LogP contribution in [0.3, 0.4) is 0 Å². The summed E-state index contributed by atoms with van der Waals surface area (Å²) < 4.78 is 40.7. The Kier molecular flexibility index (Phi) is 4.46. The molecule has 0 aromatic carbocycles. The highest BCUT2D eigenvalue weighted by Crippen LogP contribution is 2.36. The van der Waals surface area contributed by atoms with E-state index in [-0.39, 0.29) is 16.9 Å². The van der Waals surface area contributed by atoms with Gasteiger partial charge in [0.25, 0.3) is 5.56 Å². The molecule has 0 aliphatic heterocycles. The average Bonchev–Trinajstić information content (AvgIpc) is 3.08. The largest absolute Gasteiger partial charge is 0.433 e. The minimum atomic E-state index is -4.47. The number of aryl methyl sites for hydroxylation is 3. The first-order valence-electron chi connectivity index (χ1n) is 7.68. The molecule has 2 aromatic heterocycles. The standard InChI is InChI=1S/C15H17F3N4OS/c1-3-10-9(12(15(16,17)18)22(2)21-10)7-24-14-19-11-6-4-5-8(11)13(23)20-14/h3-7H2,1-2H3,(H,19,20,23). The fraction of sp³-hybridized carbons (Fsp3) is 0.533. The second-order valence-electron chi connectivity index (χ2n) is 5.69. The number of rotatable bonds is 4. The van der Waals surface area contributed by atoms with Crippen LogP contribution in [0, 0.1) is 0 Å². The topological polar surface area (TPSA) is 63.6 Å². The quantitative estimate of drug-likeness (QED) is 0.674. The van der Waals surface area contributed by atoms with E-state index in [1.165, 1.54) is 7.05 Å². The van der Waals surface area contributed by atoms with Gasteiger partial charge in [-0.15, -0.1) is 0 Å². The molecule has 1 aliphatic rings. The zero-order valence-corrected chi connectivity index (χ0v) is 14.1. The van der Waals surface area contributed by atoms with Gasteiger partial charge in [0, 0.05) is 23.9 Å². The zero-order chi connectivity index (χ0) is 17.5. The minimum absolute atomic E-state index is 0.0631. The van der Waals surface area contributed by atoms with Gasteiger partial charge in [-0.3, -0.25) is 9.48 Å². The second kappa shape index (κ2) is 6.27. The van der Waals surface area contributed by atoms with E-state index >= 15 is 0 Å². The molecule has 130 valence electrons. The van der Waals surface area contributed by atoms with Crippen LogP contribution in [0.4, 0.5) is 13.2 Å². The van der Waals surface area contributed by atoms with E-state index in [9.17, 15) is 18.0 Å². The van der Waals surface area contributed by atoms with E-state index in [2.05, 4.69) is 15.1 Å². The van der Waals surface area contributed by atoms with Gasteiger partial charge in [0.1, 0.15) is 5.69 Å². The lowest BCUT2D eigenvalue weighted by Gasteiger charge is -2.10. The summed E-state index contributed by atoms with van der Waals surface area (Å²) in [6, 6.07) is 0. The van der Waals surface area contributed by atoms with Crippen molar-refractivity contribution in [2.45, 2.75) is 49.7 Å². The molecule has 0 bridgehead atoms. The molecule has 3 rings (SSSR count). The van der Waals surface area contributed by atoms with E-state index in [4.69, 9.17) is 0 Å². The molecule has 0 fully saturated rings. The van der Waals surface area contributed by atoms with Gasteiger partial charge in [0.15, 0.2) is 5.16 Å². The Balaban J connectivity index is 1.90. The third kappa shape index (κ3) is 3.09. The van der Waals surface area contributed by atoms with Gasteiger partial charge in [-0.05, 0) is 25.7 Å². The highest BCUT2D eigenvalue weighted by Gasteiger charge is 2.38. The van der Waals surface area contributed by atoms with Crippen LogP contribution < -0.4 is 5.56 Å². The van der Waals surface area contributed by atoms with Crippen molar-refractivity contribution in [1.82, 2.24) is 19.7 Å². The molecule has 2 aromatic rings. The van der Waals surface area contributed by atoms with Gasteiger partial charge in [-0.25, -0.2) is 4.98 Å². The molecule has 2 heterocycles. The molecule has 0 atom stereocenters. The van der Waals surface area contributed by atoms with Crippen LogP contribution in [0.2, 0.25) is 0 Å². The summed E-state index contributed by atoms with van der Waals surface area (Å²) in [7, 11) is 1.30. The van der Waals surface area contributed by atoms with Gasteiger partial charge < -0.3 is 4.98 Å². The van der Waals surface area contributed by atoms with Gasteiger partial charge >= 0.3 is 6.18 Å². The number of nitrogens with zero attached hydrogens (tertiary/aromatic N) is 3. The van der Waals surface area contributed by atoms with Crippen molar-refractivity contribution in [3.05, 3.63) is 38.6 Å². The van der Waals surface area contributed by atoms with Crippen LogP contribution >= 0.6 is 11.8 Å². The van der Waals surface area contributed by atoms with Crippen molar-refractivity contribution < 1.29 is 13.2 Å². The van der Waals surface area contributed by atoms with Gasteiger partial charge in [0.2, 0.25) is 0 Å². The van der Waals surface area contributed by atoms with E-state index < -0.39 is 11.9 Å². The Morgan fingerprint density at radius 3 is 2.75 bits per heavy atom. The molecule has 0 unspecified atom stereocenters. The Morgan fingerprint density at radius 1 is 1.33 bits per heavy atom.